The van der Waals surface area contributed by atoms with Crippen LogP contribution in [0.5, 0.6) is 0 Å². The first-order valence-corrected chi connectivity index (χ1v) is 6.55. The molecule has 1 aliphatic rings. The summed E-state index contributed by atoms with van der Waals surface area (Å²) in [5.41, 5.74) is 0.746. The lowest BCUT2D eigenvalue weighted by atomic mass is 10.2. The highest BCUT2D eigenvalue weighted by molar-refractivity contribution is 8.00. The van der Waals surface area contributed by atoms with Crippen LogP contribution in [0.15, 0.2) is 18.3 Å². The summed E-state index contributed by atoms with van der Waals surface area (Å²) in [5.74, 6) is 2.16. The molecule has 0 amide bonds. The van der Waals surface area contributed by atoms with Crippen molar-refractivity contribution in [1.29, 1.82) is 0 Å². The molecule has 4 heteroatoms. The molecular weight excluding hydrogens is 220 g/mol. The van der Waals surface area contributed by atoms with Gasteiger partial charge in [0.25, 0.3) is 0 Å². The molecule has 0 spiro atoms. The second-order valence-electron chi connectivity index (χ2n) is 4.09. The van der Waals surface area contributed by atoms with E-state index in [0.717, 1.165) is 30.2 Å². The molecule has 0 bridgehead atoms. The summed E-state index contributed by atoms with van der Waals surface area (Å²) in [6.45, 7) is 5.85. The number of hydrogen-bond acceptors (Lipinski definition) is 4. The normalized spacial score (nSPS) is 20.9. The summed E-state index contributed by atoms with van der Waals surface area (Å²) in [6, 6.07) is 3.67. The summed E-state index contributed by atoms with van der Waals surface area (Å²) in [7, 11) is 0. The van der Waals surface area contributed by atoms with E-state index in [4.69, 9.17) is 0 Å². The van der Waals surface area contributed by atoms with Crippen molar-refractivity contribution in [3.05, 3.63) is 23.9 Å². The molecule has 1 aliphatic heterocycles. The molecule has 16 heavy (non-hydrogen) atoms. The molecule has 0 radical (unpaired) electrons. The Bertz CT molecular complexity index is 394. The Morgan fingerprint density at radius 1 is 1.62 bits per heavy atom. The van der Waals surface area contributed by atoms with E-state index >= 15 is 0 Å². The third-order valence-electron chi connectivity index (χ3n) is 2.72. The van der Waals surface area contributed by atoms with Gasteiger partial charge in [0.2, 0.25) is 0 Å². The number of aromatic nitrogens is 1. The van der Waals surface area contributed by atoms with Crippen LogP contribution in [0.25, 0.3) is 0 Å². The van der Waals surface area contributed by atoms with E-state index in [9.17, 15) is 4.79 Å². The Kier molecular flexibility index (Phi) is 3.49. The monoisotopic (exact) mass is 236 g/mol. The van der Waals surface area contributed by atoms with Crippen molar-refractivity contribution < 1.29 is 4.79 Å². The number of thioether (sulfide) groups is 1. The number of Topliss-reactive ketones (excluding diaryl/α,β-unsaturated/α-hetero) is 1. The molecule has 0 N–H and O–H groups in total. The highest BCUT2D eigenvalue weighted by Gasteiger charge is 2.18. The van der Waals surface area contributed by atoms with E-state index in [2.05, 4.69) is 16.8 Å². The van der Waals surface area contributed by atoms with Crippen molar-refractivity contribution in [2.24, 2.45) is 0 Å². The smallest absolute Gasteiger partial charge is 0.159 e. The van der Waals surface area contributed by atoms with Crippen molar-refractivity contribution in [2.75, 3.05) is 23.7 Å². The molecule has 0 saturated carbocycles. The fourth-order valence-corrected chi connectivity index (χ4v) is 2.85. The quantitative estimate of drug-likeness (QED) is 0.737. The SMILES string of the molecule is CC(=O)c1ccnc(N2CCSC(C)C2)c1. The maximum absolute atomic E-state index is 11.3. The molecule has 2 rings (SSSR count). The summed E-state index contributed by atoms with van der Waals surface area (Å²) >= 11 is 1.99. The zero-order valence-electron chi connectivity index (χ0n) is 9.64. The molecule has 1 aromatic heterocycles. The summed E-state index contributed by atoms with van der Waals surface area (Å²) < 4.78 is 0. The first-order valence-electron chi connectivity index (χ1n) is 5.50. The van der Waals surface area contributed by atoms with Crippen LogP contribution in [0.4, 0.5) is 5.82 Å². The third kappa shape index (κ3) is 2.55. The number of nitrogens with zero attached hydrogens (tertiary/aromatic N) is 2. The highest BCUT2D eigenvalue weighted by Crippen LogP contribution is 2.22. The maximum atomic E-state index is 11.3. The Morgan fingerprint density at radius 2 is 2.44 bits per heavy atom. The van der Waals surface area contributed by atoms with Gasteiger partial charge in [-0.2, -0.15) is 11.8 Å². The molecule has 1 saturated heterocycles. The minimum Gasteiger partial charge on any atom is -0.355 e. The van der Waals surface area contributed by atoms with Gasteiger partial charge in [-0.3, -0.25) is 4.79 Å². The van der Waals surface area contributed by atoms with Crippen LogP contribution in [0, 0.1) is 0 Å². The van der Waals surface area contributed by atoms with Gasteiger partial charge in [0.15, 0.2) is 5.78 Å². The van der Waals surface area contributed by atoms with Crippen molar-refractivity contribution in [1.82, 2.24) is 4.98 Å². The molecule has 3 nitrogen and oxygen atoms in total. The van der Waals surface area contributed by atoms with Gasteiger partial charge in [-0.15, -0.1) is 0 Å². The van der Waals surface area contributed by atoms with E-state index in [1.807, 2.05) is 17.8 Å². The van der Waals surface area contributed by atoms with Crippen LogP contribution < -0.4 is 4.90 Å². The first kappa shape index (κ1) is 11.5. The van der Waals surface area contributed by atoms with E-state index in [1.165, 1.54) is 0 Å². The lowest BCUT2D eigenvalue weighted by Gasteiger charge is -2.31. The van der Waals surface area contributed by atoms with Crippen molar-refractivity contribution in [3.8, 4) is 0 Å². The summed E-state index contributed by atoms with van der Waals surface area (Å²) in [6.07, 6.45) is 1.72. The lowest BCUT2D eigenvalue weighted by Crippen LogP contribution is -2.37. The average molecular weight is 236 g/mol. The predicted octanol–water partition coefficient (Wildman–Crippen LogP) is 2.23. The van der Waals surface area contributed by atoms with E-state index < -0.39 is 0 Å². The molecule has 1 fully saturated rings. The van der Waals surface area contributed by atoms with Crippen molar-refractivity contribution in [2.45, 2.75) is 19.1 Å². The number of ketones is 1. The Balaban J connectivity index is 2.19. The molecule has 0 aromatic carbocycles. The van der Waals surface area contributed by atoms with Crippen molar-refractivity contribution >= 4 is 23.4 Å². The van der Waals surface area contributed by atoms with Gasteiger partial charge >= 0.3 is 0 Å². The third-order valence-corrected chi connectivity index (χ3v) is 3.85. The molecule has 1 unspecified atom stereocenters. The van der Waals surface area contributed by atoms with Crippen LogP contribution in [-0.4, -0.2) is 34.9 Å². The number of carbonyl (C=O) groups is 1. The zero-order valence-corrected chi connectivity index (χ0v) is 10.5. The molecule has 2 heterocycles. The Labute approximate surface area is 100 Å². The fraction of sp³-hybridized carbons (Fsp3) is 0.500. The highest BCUT2D eigenvalue weighted by atomic mass is 32.2. The Hall–Kier alpha value is -1.03. The molecular formula is C12H16N2OS. The molecule has 0 aliphatic carbocycles. The van der Waals surface area contributed by atoms with Crippen LogP contribution in [0.1, 0.15) is 24.2 Å². The van der Waals surface area contributed by atoms with Gasteiger partial charge in [-0.05, 0) is 19.1 Å². The molecule has 1 aromatic rings. The molecule has 1 atom stereocenters. The van der Waals surface area contributed by atoms with Crippen molar-refractivity contribution in [3.63, 3.8) is 0 Å². The number of rotatable bonds is 2. The van der Waals surface area contributed by atoms with E-state index in [0.29, 0.717) is 5.25 Å². The minimum atomic E-state index is 0.100. The average Bonchev–Trinajstić information content (AvgIpc) is 2.29. The second kappa shape index (κ2) is 4.87. The van der Waals surface area contributed by atoms with Crippen LogP contribution in [0.2, 0.25) is 0 Å². The van der Waals surface area contributed by atoms with Gasteiger partial charge < -0.3 is 4.90 Å². The topological polar surface area (TPSA) is 33.2 Å². The second-order valence-corrected chi connectivity index (χ2v) is 5.63. The van der Waals surface area contributed by atoms with Crippen LogP contribution in [0.3, 0.4) is 0 Å². The zero-order chi connectivity index (χ0) is 11.5. The molecule has 86 valence electrons. The number of carbonyl (C=O) groups excluding carboxylic acids is 1. The van der Waals surface area contributed by atoms with Crippen LogP contribution in [-0.2, 0) is 0 Å². The fourth-order valence-electron chi connectivity index (χ4n) is 1.84. The summed E-state index contributed by atoms with van der Waals surface area (Å²) in [4.78, 5) is 17.9. The van der Waals surface area contributed by atoms with Gasteiger partial charge in [-0.1, -0.05) is 6.92 Å². The van der Waals surface area contributed by atoms with E-state index in [1.54, 1.807) is 19.2 Å². The van der Waals surface area contributed by atoms with Gasteiger partial charge in [-0.25, -0.2) is 4.98 Å². The van der Waals surface area contributed by atoms with Gasteiger partial charge in [0, 0.05) is 35.9 Å². The number of anilines is 1. The standard InChI is InChI=1S/C12H16N2OS/c1-9-8-14(5-6-16-9)12-7-11(10(2)15)3-4-13-12/h3-4,7,9H,5-6,8H2,1-2H3. The Morgan fingerprint density at radius 3 is 3.12 bits per heavy atom. The predicted molar refractivity (Wildman–Crippen MR) is 68.4 cm³/mol. The summed E-state index contributed by atoms with van der Waals surface area (Å²) in [5, 5.41) is 0.636. The first-order chi connectivity index (χ1) is 7.66. The number of pyridine rings is 1. The number of hydrogen-bond donors (Lipinski definition) is 0. The van der Waals surface area contributed by atoms with E-state index in [-0.39, 0.29) is 5.78 Å². The minimum absolute atomic E-state index is 0.100. The largest absolute Gasteiger partial charge is 0.355 e. The maximum Gasteiger partial charge on any atom is 0.159 e. The van der Waals surface area contributed by atoms with Gasteiger partial charge in [0.1, 0.15) is 5.82 Å². The van der Waals surface area contributed by atoms with Gasteiger partial charge in [0.05, 0.1) is 0 Å². The lowest BCUT2D eigenvalue weighted by molar-refractivity contribution is 0.101. The van der Waals surface area contributed by atoms with Crippen LogP contribution >= 0.6 is 11.8 Å².